The summed E-state index contributed by atoms with van der Waals surface area (Å²) in [5, 5.41) is 12.3. The number of carbonyl (C=O) groups excluding carboxylic acids is 1. The summed E-state index contributed by atoms with van der Waals surface area (Å²) in [7, 11) is 0. The first-order chi connectivity index (χ1) is 13.1. The van der Waals surface area contributed by atoms with Crippen molar-refractivity contribution in [3.05, 3.63) is 35.9 Å². The standard InChI is InChI=1S/C21H31N3O3/c1-2-23(15-20(25)26)17-11-13-24(14-12-17)21(27)22-19-10-6-9-18(19)16-7-4-3-5-8-16/h3-5,7-8,17-19H,2,6,9-15H2,1H3,(H,22,27)(H,25,26)/t18-,19+/m0/s1. The number of likely N-dealkylation sites (tertiary alicyclic amines) is 1. The Morgan fingerprint density at radius 3 is 2.48 bits per heavy atom. The summed E-state index contributed by atoms with van der Waals surface area (Å²) >= 11 is 0. The Hall–Kier alpha value is -2.08. The summed E-state index contributed by atoms with van der Waals surface area (Å²) in [6.07, 6.45) is 4.97. The van der Waals surface area contributed by atoms with Crippen molar-refractivity contribution >= 4 is 12.0 Å². The van der Waals surface area contributed by atoms with Gasteiger partial charge in [0.1, 0.15) is 0 Å². The number of nitrogens with one attached hydrogen (secondary N) is 1. The predicted molar refractivity (Wildman–Crippen MR) is 105 cm³/mol. The number of rotatable bonds is 6. The summed E-state index contributed by atoms with van der Waals surface area (Å²) in [6.45, 7) is 4.18. The van der Waals surface area contributed by atoms with E-state index in [9.17, 15) is 9.59 Å². The number of piperidine rings is 1. The van der Waals surface area contributed by atoms with Gasteiger partial charge in [-0.3, -0.25) is 9.69 Å². The van der Waals surface area contributed by atoms with Gasteiger partial charge in [0, 0.05) is 31.1 Å². The minimum atomic E-state index is -0.787. The van der Waals surface area contributed by atoms with Crippen LogP contribution in [0.2, 0.25) is 0 Å². The highest BCUT2D eigenvalue weighted by atomic mass is 16.4. The molecule has 0 aromatic heterocycles. The van der Waals surface area contributed by atoms with Crippen LogP contribution in [0.3, 0.4) is 0 Å². The molecule has 0 radical (unpaired) electrons. The lowest BCUT2D eigenvalue weighted by Gasteiger charge is -2.38. The van der Waals surface area contributed by atoms with Crippen LogP contribution in [0.1, 0.15) is 50.5 Å². The van der Waals surface area contributed by atoms with Crippen molar-refractivity contribution < 1.29 is 14.7 Å². The van der Waals surface area contributed by atoms with E-state index in [-0.39, 0.29) is 24.7 Å². The van der Waals surface area contributed by atoms with Crippen molar-refractivity contribution in [1.82, 2.24) is 15.1 Å². The highest BCUT2D eigenvalue weighted by Gasteiger charge is 2.32. The zero-order valence-corrected chi connectivity index (χ0v) is 16.1. The molecule has 0 unspecified atom stereocenters. The average molecular weight is 373 g/mol. The zero-order valence-electron chi connectivity index (χ0n) is 16.1. The molecule has 2 amide bonds. The van der Waals surface area contributed by atoms with Gasteiger partial charge < -0.3 is 15.3 Å². The molecule has 1 aromatic carbocycles. The van der Waals surface area contributed by atoms with Gasteiger partial charge in [-0.2, -0.15) is 0 Å². The van der Waals surface area contributed by atoms with Gasteiger partial charge in [0.25, 0.3) is 0 Å². The van der Waals surface area contributed by atoms with Crippen LogP contribution in [0.15, 0.2) is 30.3 Å². The van der Waals surface area contributed by atoms with Crippen LogP contribution in [0.25, 0.3) is 0 Å². The first-order valence-electron chi connectivity index (χ1n) is 10.1. The molecule has 27 heavy (non-hydrogen) atoms. The molecule has 1 saturated heterocycles. The minimum absolute atomic E-state index is 0.0302. The predicted octanol–water partition coefficient (Wildman–Crippen LogP) is 2.90. The number of aliphatic carboxylic acids is 1. The topological polar surface area (TPSA) is 72.9 Å². The Balaban J connectivity index is 1.51. The molecule has 2 N–H and O–H groups in total. The third-order valence-corrected chi connectivity index (χ3v) is 6.07. The number of carboxylic acids is 1. The Morgan fingerprint density at radius 2 is 1.85 bits per heavy atom. The lowest BCUT2D eigenvalue weighted by molar-refractivity contribution is -0.139. The van der Waals surface area contributed by atoms with Gasteiger partial charge in [-0.25, -0.2) is 4.79 Å². The van der Waals surface area contributed by atoms with Crippen molar-refractivity contribution in [2.45, 2.75) is 57.0 Å². The first-order valence-corrected chi connectivity index (χ1v) is 10.1. The summed E-state index contributed by atoms with van der Waals surface area (Å²) in [5.74, 6) is -0.385. The Bertz CT molecular complexity index is 629. The van der Waals surface area contributed by atoms with E-state index in [4.69, 9.17) is 5.11 Å². The molecule has 6 nitrogen and oxygen atoms in total. The second-order valence-corrected chi connectivity index (χ2v) is 7.68. The highest BCUT2D eigenvalue weighted by molar-refractivity contribution is 5.75. The smallest absolute Gasteiger partial charge is 0.317 e. The lowest BCUT2D eigenvalue weighted by Crippen LogP contribution is -2.52. The Morgan fingerprint density at radius 1 is 1.15 bits per heavy atom. The molecule has 148 valence electrons. The molecule has 2 atom stereocenters. The van der Waals surface area contributed by atoms with Gasteiger partial charge >= 0.3 is 12.0 Å². The maximum absolute atomic E-state index is 12.8. The van der Waals surface area contributed by atoms with E-state index in [0.717, 1.165) is 38.6 Å². The quantitative estimate of drug-likeness (QED) is 0.804. The van der Waals surface area contributed by atoms with E-state index in [1.165, 1.54) is 5.56 Å². The third-order valence-electron chi connectivity index (χ3n) is 6.07. The van der Waals surface area contributed by atoms with Crippen LogP contribution in [0, 0.1) is 0 Å². The van der Waals surface area contributed by atoms with Crippen molar-refractivity contribution in [3.63, 3.8) is 0 Å². The van der Waals surface area contributed by atoms with Crippen LogP contribution in [0.4, 0.5) is 4.79 Å². The van der Waals surface area contributed by atoms with Crippen LogP contribution in [-0.2, 0) is 4.79 Å². The number of carbonyl (C=O) groups is 2. The fraction of sp³-hybridized carbons (Fsp3) is 0.619. The molecule has 3 rings (SSSR count). The zero-order chi connectivity index (χ0) is 19.2. The van der Waals surface area contributed by atoms with E-state index in [2.05, 4.69) is 29.6 Å². The monoisotopic (exact) mass is 373 g/mol. The Kier molecular flexibility index (Phi) is 6.72. The molecule has 1 saturated carbocycles. The molecular weight excluding hydrogens is 342 g/mol. The second kappa shape index (κ2) is 9.22. The molecule has 2 aliphatic rings. The molecular formula is C21H31N3O3. The van der Waals surface area contributed by atoms with Gasteiger partial charge in [0.2, 0.25) is 0 Å². The summed E-state index contributed by atoms with van der Waals surface area (Å²) < 4.78 is 0. The Labute approximate surface area is 161 Å². The maximum atomic E-state index is 12.8. The number of urea groups is 1. The number of amides is 2. The number of benzene rings is 1. The minimum Gasteiger partial charge on any atom is -0.480 e. The average Bonchev–Trinajstić information content (AvgIpc) is 3.15. The lowest BCUT2D eigenvalue weighted by atomic mass is 9.94. The largest absolute Gasteiger partial charge is 0.480 e. The van der Waals surface area contributed by atoms with E-state index in [1.807, 2.05) is 22.8 Å². The van der Waals surface area contributed by atoms with Crippen LogP contribution >= 0.6 is 0 Å². The normalized spacial score (nSPS) is 23.6. The SMILES string of the molecule is CCN(CC(=O)O)C1CCN(C(=O)N[C@@H]2CCC[C@H]2c2ccccc2)CC1. The molecule has 2 fully saturated rings. The van der Waals surface area contributed by atoms with Gasteiger partial charge in [0.15, 0.2) is 0 Å². The third kappa shape index (κ3) is 5.01. The van der Waals surface area contributed by atoms with Crippen LogP contribution in [0.5, 0.6) is 0 Å². The number of nitrogens with zero attached hydrogens (tertiary/aromatic N) is 2. The number of likely N-dealkylation sites (N-methyl/N-ethyl adjacent to an activating group) is 1. The number of hydrogen-bond donors (Lipinski definition) is 2. The van der Waals surface area contributed by atoms with E-state index in [1.54, 1.807) is 0 Å². The molecule has 1 aliphatic heterocycles. The molecule has 1 heterocycles. The summed E-state index contributed by atoms with van der Waals surface area (Å²) in [5.41, 5.74) is 1.31. The van der Waals surface area contributed by atoms with Crippen LogP contribution in [-0.4, -0.2) is 65.2 Å². The van der Waals surface area contributed by atoms with Crippen molar-refractivity contribution in [2.75, 3.05) is 26.2 Å². The van der Waals surface area contributed by atoms with Crippen molar-refractivity contribution in [2.24, 2.45) is 0 Å². The summed E-state index contributed by atoms with van der Waals surface area (Å²) in [6, 6.07) is 10.9. The van der Waals surface area contributed by atoms with Crippen molar-refractivity contribution in [1.29, 1.82) is 0 Å². The molecule has 0 spiro atoms. The van der Waals surface area contributed by atoms with Gasteiger partial charge in [-0.1, -0.05) is 43.7 Å². The van der Waals surface area contributed by atoms with Crippen molar-refractivity contribution in [3.8, 4) is 0 Å². The molecule has 1 aliphatic carbocycles. The second-order valence-electron chi connectivity index (χ2n) is 7.68. The fourth-order valence-electron chi connectivity index (χ4n) is 4.59. The van der Waals surface area contributed by atoms with E-state index in [0.29, 0.717) is 19.0 Å². The van der Waals surface area contributed by atoms with E-state index < -0.39 is 5.97 Å². The maximum Gasteiger partial charge on any atom is 0.317 e. The van der Waals surface area contributed by atoms with Gasteiger partial charge in [-0.15, -0.1) is 0 Å². The molecule has 6 heteroatoms. The first kappa shape index (κ1) is 19.7. The molecule has 0 bridgehead atoms. The number of hydrogen-bond acceptors (Lipinski definition) is 3. The fourth-order valence-corrected chi connectivity index (χ4v) is 4.59. The summed E-state index contributed by atoms with van der Waals surface area (Å²) in [4.78, 5) is 27.7. The highest BCUT2D eigenvalue weighted by Crippen LogP contribution is 2.34. The molecule has 1 aromatic rings. The van der Waals surface area contributed by atoms with Crippen LogP contribution < -0.4 is 5.32 Å². The van der Waals surface area contributed by atoms with Gasteiger partial charge in [-0.05, 0) is 37.8 Å². The number of carboxylic acid groups (broad SMARTS) is 1. The van der Waals surface area contributed by atoms with E-state index >= 15 is 0 Å². The van der Waals surface area contributed by atoms with Gasteiger partial charge in [0.05, 0.1) is 6.54 Å².